The van der Waals surface area contributed by atoms with E-state index < -0.39 is 17.4 Å². The first-order chi connectivity index (χ1) is 13.6. The van der Waals surface area contributed by atoms with E-state index in [1.807, 2.05) is 91.0 Å². The molecule has 0 aliphatic heterocycles. The van der Waals surface area contributed by atoms with Crippen molar-refractivity contribution in [2.75, 3.05) is 0 Å². The van der Waals surface area contributed by atoms with Gasteiger partial charge in [-0.2, -0.15) is 0 Å². The standard InChI is InChI=1S/C24H21NO3/c26-22(21(18-12-6-2-7-13-18)19-14-8-3-9-15-19)25-24(23(27)28)16-20(24)17-10-4-1-5-11-17/h1-15,20-21H,16H2,(H,25,26)(H,27,28). The smallest absolute Gasteiger partial charge is 0.330 e. The highest BCUT2D eigenvalue weighted by Gasteiger charge is 2.62. The SMILES string of the molecule is O=C(NC1(C(=O)O)CC1c1ccccc1)C(c1ccccc1)c1ccccc1. The lowest BCUT2D eigenvalue weighted by atomic mass is 9.90. The van der Waals surface area contributed by atoms with Crippen LogP contribution in [0.1, 0.15) is 34.9 Å². The second kappa shape index (κ2) is 7.31. The number of rotatable bonds is 6. The first kappa shape index (κ1) is 18.0. The molecular weight excluding hydrogens is 350 g/mol. The summed E-state index contributed by atoms with van der Waals surface area (Å²) in [4.78, 5) is 25.4. The Morgan fingerprint density at radius 2 is 1.29 bits per heavy atom. The zero-order valence-electron chi connectivity index (χ0n) is 15.3. The van der Waals surface area contributed by atoms with Gasteiger partial charge in [-0.3, -0.25) is 4.79 Å². The minimum Gasteiger partial charge on any atom is -0.479 e. The summed E-state index contributed by atoms with van der Waals surface area (Å²) in [6.07, 6.45) is 0.397. The molecule has 0 radical (unpaired) electrons. The van der Waals surface area contributed by atoms with E-state index in [1.165, 1.54) is 0 Å². The third-order valence-electron chi connectivity index (χ3n) is 5.42. The molecule has 0 spiro atoms. The maximum Gasteiger partial charge on any atom is 0.330 e. The molecule has 0 aromatic heterocycles. The third kappa shape index (κ3) is 3.29. The maximum atomic E-state index is 13.3. The summed E-state index contributed by atoms with van der Waals surface area (Å²) in [5.41, 5.74) is 1.36. The predicted octanol–water partition coefficient (Wildman–Crippen LogP) is 3.95. The summed E-state index contributed by atoms with van der Waals surface area (Å²) < 4.78 is 0. The van der Waals surface area contributed by atoms with Crippen molar-refractivity contribution in [3.63, 3.8) is 0 Å². The van der Waals surface area contributed by atoms with Gasteiger partial charge in [0.2, 0.25) is 5.91 Å². The van der Waals surface area contributed by atoms with E-state index in [4.69, 9.17) is 0 Å². The first-order valence-corrected chi connectivity index (χ1v) is 9.32. The zero-order valence-corrected chi connectivity index (χ0v) is 15.3. The van der Waals surface area contributed by atoms with E-state index in [9.17, 15) is 14.7 Å². The number of aliphatic carboxylic acids is 1. The molecule has 2 unspecified atom stereocenters. The Morgan fingerprint density at radius 3 is 1.75 bits per heavy atom. The van der Waals surface area contributed by atoms with Crippen LogP contribution >= 0.6 is 0 Å². The number of amides is 1. The average molecular weight is 371 g/mol. The predicted molar refractivity (Wildman–Crippen MR) is 107 cm³/mol. The van der Waals surface area contributed by atoms with E-state index in [2.05, 4.69) is 5.32 Å². The van der Waals surface area contributed by atoms with Gasteiger partial charge in [-0.05, 0) is 23.1 Å². The molecule has 1 amide bonds. The minimum absolute atomic E-state index is 0.220. The van der Waals surface area contributed by atoms with Gasteiger partial charge >= 0.3 is 5.97 Å². The molecule has 1 fully saturated rings. The molecule has 4 rings (SSSR count). The average Bonchev–Trinajstić information content (AvgIpc) is 3.46. The summed E-state index contributed by atoms with van der Waals surface area (Å²) in [6, 6.07) is 28.4. The molecular formula is C24H21NO3. The van der Waals surface area contributed by atoms with Crippen LogP contribution in [0.3, 0.4) is 0 Å². The molecule has 4 nitrogen and oxygen atoms in total. The van der Waals surface area contributed by atoms with E-state index >= 15 is 0 Å². The van der Waals surface area contributed by atoms with Gasteiger partial charge in [0.05, 0.1) is 5.92 Å². The fourth-order valence-electron chi connectivity index (χ4n) is 3.86. The molecule has 1 aliphatic rings. The summed E-state index contributed by atoms with van der Waals surface area (Å²) in [7, 11) is 0. The van der Waals surface area contributed by atoms with Gasteiger partial charge in [0, 0.05) is 5.92 Å². The molecule has 3 aromatic rings. The van der Waals surface area contributed by atoms with Gasteiger partial charge < -0.3 is 10.4 Å². The number of carboxylic acids is 1. The van der Waals surface area contributed by atoms with Crippen LogP contribution in [-0.4, -0.2) is 22.5 Å². The monoisotopic (exact) mass is 371 g/mol. The summed E-state index contributed by atoms with van der Waals surface area (Å²) in [6.45, 7) is 0. The van der Waals surface area contributed by atoms with Crippen LogP contribution in [0.5, 0.6) is 0 Å². The number of nitrogens with one attached hydrogen (secondary N) is 1. The Hall–Kier alpha value is -3.40. The van der Waals surface area contributed by atoms with Crippen LogP contribution < -0.4 is 5.32 Å². The highest BCUT2D eigenvalue weighted by atomic mass is 16.4. The minimum atomic E-state index is -1.25. The molecule has 0 bridgehead atoms. The second-order valence-corrected chi connectivity index (χ2v) is 7.19. The van der Waals surface area contributed by atoms with Crippen molar-refractivity contribution in [1.82, 2.24) is 5.32 Å². The molecule has 2 N–H and O–H groups in total. The van der Waals surface area contributed by atoms with Crippen LogP contribution in [-0.2, 0) is 9.59 Å². The topological polar surface area (TPSA) is 66.4 Å². The number of carboxylic acid groups (broad SMARTS) is 1. The van der Waals surface area contributed by atoms with Gasteiger partial charge in [0.15, 0.2) is 0 Å². The fraction of sp³-hybridized carbons (Fsp3) is 0.167. The summed E-state index contributed by atoms with van der Waals surface area (Å²) >= 11 is 0. The lowest BCUT2D eigenvalue weighted by Crippen LogP contribution is -2.46. The zero-order chi connectivity index (χ0) is 19.6. The van der Waals surface area contributed by atoms with Gasteiger partial charge in [0.25, 0.3) is 0 Å². The normalized spacial score (nSPS) is 20.5. The van der Waals surface area contributed by atoms with Gasteiger partial charge in [-0.25, -0.2) is 4.79 Å². The molecule has 140 valence electrons. The number of hydrogen-bond donors (Lipinski definition) is 2. The quantitative estimate of drug-likeness (QED) is 0.690. The second-order valence-electron chi connectivity index (χ2n) is 7.19. The first-order valence-electron chi connectivity index (χ1n) is 9.32. The molecule has 4 heteroatoms. The van der Waals surface area contributed by atoms with Gasteiger partial charge in [-0.15, -0.1) is 0 Å². The molecule has 0 saturated heterocycles. The number of hydrogen-bond acceptors (Lipinski definition) is 2. The molecule has 1 aliphatic carbocycles. The molecule has 28 heavy (non-hydrogen) atoms. The molecule has 1 saturated carbocycles. The van der Waals surface area contributed by atoms with Crippen molar-refractivity contribution in [3.05, 3.63) is 108 Å². The lowest BCUT2D eigenvalue weighted by Gasteiger charge is -2.22. The third-order valence-corrected chi connectivity index (χ3v) is 5.42. The van der Waals surface area contributed by atoms with E-state index in [0.29, 0.717) is 6.42 Å². The Kier molecular flexibility index (Phi) is 4.70. The Balaban J connectivity index is 1.65. The van der Waals surface area contributed by atoms with Gasteiger partial charge in [-0.1, -0.05) is 91.0 Å². The van der Waals surface area contributed by atoms with Crippen molar-refractivity contribution in [2.24, 2.45) is 0 Å². The van der Waals surface area contributed by atoms with Crippen LogP contribution in [0, 0.1) is 0 Å². The molecule has 0 heterocycles. The van der Waals surface area contributed by atoms with Crippen molar-refractivity contribution < 1.29 is 14.7 Å². The Morgan fingerprint density at radius 1 is 0.821 bits per heavy atom. The highest BCUT2D eigenvalue weighted by Crippen LogP contribution is 2.52. The van der Waals surface area contributed by atoms with Crippen LogP contribution in [0.15, 0.2) is 91.0 Å². The highest BCUT2D eigenvalue weighted by molar-refractivity contribution is 5.95. The van der Waals surface area contributed by atoms with Gasteiger partial charge in [0.1, 0.15) is 5.54 Å². The van der Waals surface area contributed by atoms with Crippen LogP contribution in [0.25, 0.3) is 0 Å². The molecule has 2 atom stereocenters. The van der Waals surface area contributed by atoms with Crippen molar-refractivity contribution >= 4 is 11.9 Å². The number of benzene rings is 3. The number of carbonyl (C=O) groups is 2. The number of carbonyl (C=O) groups excluding carboxylic acids is 1. The van der Waals surface area contributed by atoms with E-state index in [1.54, 1.807) is 0 Å². The van der Waals surface area contributed by atoms with Crippen molar-refractivity contribution in [2.45, 2.75) is 23.8 Å². The summed E-state index contributed by atoms with van der Waals surface area (Å²) in [5.74, 6) is -2.06. The van der Waals surface area contributed by atoms with Crippen LogP contribution in [0.4, 0.5) is 0 Å². The van der Waals surface area contributed by atoms with Crippen LogP contribution in [0.2, 0.25) is 0 Å². The lowest BCUT2D eigenvalue weighted by molar-refractivity contribution is -0.143. The maximum absolute atomic E-state index is 13.3. The van der Waals surface area contributed by atoms with Crippen molar-refractivity contribution in [3.8, 4) is 0 Å². The fourth-order valence-corrected chi connectivity index (χ4v) is 3.86. The molecule has 3 aromatic carbocycles. The Labute approximate surface area is 163 Å². The Bertz CT molecular complexity index is 933. The summed E-state index contributed by atoms with van der Waals surface area (Å²) in [5, 5.41) is 12.8. The van der Waals surface area contributed by atoms with E-state index in [-0.39, 0.29) is 11.8 Å². The van der Waals surface area contributed by atoms with Crippen molar-refractivity contribution in [1.29, 1.82) is 0 Å². The largest absolute Gasteiger partial charge is 0.479 e. The van der Waals surface area contributed by atoms with E-state index in [0.717, 1.165) is 16.7 Å².